The number of aromatic nitrogens is 1. The minimum atomic E-state index is 0.365. The number of nitrogens with one attached hydrogen (secondary N) is 1. The third kappa shape index (κ3) is 3.51. The van der Waals surface area contributed by atoms with Crippen LogP contribution in [0.25, 0.3) is 0 Å². The van der Waals surface area contributed by atoms with E-state index in [9.17, 15) is 0 Å². The Morgan fingerprint density at radius 2 is 2.47 bits per heavy atom. The summed E-state index contributed by atoms with van der Waals surface area (Å²) in [5.74, 6) is 0. The van der Waals surface area contributed by atoms with Gasteiger partial charge in [-0.05, 0) is 37.8 Å². The van der Waals surface area contributed by atoms with Crippen LogP contribution < -0.4 is 5.32 Å². The molecule has 2 rings (SSSR count). The topological polar surface area (TPSA) is 34.2 Å². The molecule has 0 bridgehead atoms. The molecule has 0 aromatic carbocycles. The standard InChI is InChI=1S/C14H22N2O/c1-3-14-9-13(6-8-17-14)16-11(2)12-5-4-7-15-10-12/h4-5,7,10-11,13-14,16H,3,6,8-9H2,1-2H3/t11-,13?,14?/m1/s1. The van der Waals surface area contributed by atoms with Crippen molar-refractivity contribution in [1.29, 1.82) is 0 Å². The molecule has 1 aliphatic heterocycles. The molecular formula is C14H22N2O. The lowest BCUT2D eigenvalue weighted by atomic mass is 10.00. The van der Waals surface area contributed by atoms with E-state index in [1.54, 1.807) is 0 Å². The van der Waals surface area contributed by atoms with E-state index in [0.29, 0.717) is 18.2 Å². The van der Waals surface area contributed by atoms with Gasteiger partial charge in [-0.1, -0.05) is 13.0 Å². The number of nitrogens with zero attached hydrogens (tertiary/aromatic N) is 1. The van der Waals surface area contributed by atoms with Crippen molar-refractivity contribution in [3.8, 4) is 0 Å². The second-order valence-electron chi connectivity index (χ2n) is 4.80. The van der Waals surface area contributed by atoms with Crippen molar-refractivity contribution < 1.29 is 4.74 Å². The monoisotopic (exact) mass is 234 g/mol. The largest absolute Gasteiger partial charge is 0.378 e. The van der Waals surface area contributed by atoms with Crippen LogP contribution in [0.1, 0.15) is 44.7 Å². The van der Waals surface area contributed by atoms with Crippen molar-refractivity contribution in [1.82, 2.24) is 10.3 Å². The predicted octanol–water partition coefficient (Wildman–Crippen LogP) is 2.69. The maximum Gasteiger partial charge on any atom is 0.0587 e. The fourth-order valence-corrected chi connectivity index (χ4v) is 2.40. The Labute approximate surface area is 104 Å². The molecule has 0 radical (unpaired) electrons. The maximum atomic E-state index is 5.69. The van der Waals surface area contributed by atoms with Gasteiger partial charge in [-0.2, -0.15) is 0 Å². The van der Waals surface area contributed by atoms with Crippen LogP contribution in [0.4, 0.5) is 0 Å². The molecule has 0 spiro atoms. The van der Waals surface area contributed by atoms with Crippen molar-refractivity contribution in [2.45, 2.75) is 51.3 Å². The van der Waals surface area contributed by atoms with E-state index < -0.39 is 0 Å². The van der Waals surface area contributed by atoms with Gasteiger partial charge in [-0.25, -0.2) is 0 Å². The first-order chi connectivity index (χ1) is 8.29. The highest BCUT2D eigenvalue weighted by molar-refractivity contribution is 5.13. The van der Waals surface area contributed by atoms with E-state index in [2.05, 4.69) is 30.2 Å². The lowest BCUT2D eigenvalue weighted by molar-refractivity contribution is -0.00166. The van der Waals surface area contributed by atoms with Crippen molar-refractivity contribution in [3.63, 3.8) is 0 Å². The summed E-state index contributed by atoms with van der Waals surface area (Å²) in [5, 5.41) is 3.68. The Morgan fingerprint density at radius 1 is 1.59 bits per heavy atom. The van der Waals surface area contributed by atoms with Crippen LogP contribution in [0.2, 0.25) is 0 Å². The van der Waals surface area contributed by atoms with Crippen molar-refractivity contribution in [2.75, 3.05) is 6.61 Å². The molecule has 1 saturated heterocycles. The molecule has 0 aliphatic carbocycles. The molecular weight excluding hydrogens is 212 g/mol. The average molecular weight is 234 g/mol. The molecule has 17 heavy (non-hydrogen) atoms. The fraction of sp³-hybridized carbons (Fsp3) is 0.643. The number of ether oxygens (including phenoxy) is 1. The van der Waals surface area contributed by atoms with Crippen LogP contribution in [0.3, 0.4) is 0 Å². The fourth-order valence-electron chi connectivity index (χ4n) is 2.40. The molecule has 94 valence electrons. The molecule has 3 heteroatoms. The quantitative estimate of drug-likeness (QED) is 0.869. The highest BCUT2D eigenvalue weighted by Gasteiger charge is 2.22. The molecule has 1 aromatic heterocycles. The molecule has 1 aliphatic rings. The number of hydrogen-bond acceptors (Lipinski definition) is 3. The lowest BCUT2D eigenvalue weighted by Gasteiger charge is -2.31. The third-order valence-electron chi connectivity index (χ3n) is 3.49. The second kappa shape index (κ2) is 6.12. The lowest BCUT2D eigenvalue weighted by Crippen LogP contribution is -2.39. The predicted molar refractivity (Wildman–Crippen MR) is 68.8 cm³/mol. The van der Waals surface area contributed by atoms with E-state index in [1.165, 1.54) is 5.56 Å². The Morgan fingerprint density at radius 3 is 3.18 bits per heavy atom. The Hall–Kier alpha value is -0.930. The molecule has 1 N–H and O–H groups in total. The van der Waals surface area contributed by atoms with E-state index in [4.69, 9.17) is 4.74 Å². The smallest absolute Gasteiger partial charge is 0.0587 e. The summed E-state index contributed by atoms with van der Waals surface area (Å²) in [6.45, 7) is 5.28. The van der Waals surface area contributed by atoms with Crippen LogP contribution in [0, 0.1) is 0 Å². The number of rotatable bonds is 4. The van der Waals surface area contributed by atoms with Crippen LogP contribution in [0.15, 0.2) is 24.5 Å². The SMILES string of the molecule is CCC1CC(N[C@H](C)c2cccnc2)CCO1. The van der Waals surface area contributed by atoms with Crippen molar-refractivity contribution >= 4 is 0 Å². The first kappa shape index (κ1) is 12.5. The van der Waals surface area contributed by atoms with E-state index in [1.807, 2.05) is 18.5 Å². The summed E-state index contributed by atoms with van der Waals surface area (Å²) >= 11 is 0. The van der Waals surface area contributed by atoms with Gasteiger partial charge in [0, 0.05) is 31.1 Å². The molecule has 0 amide bonds. The van der Waals surface area contributed by atoms with Gasteiger partial charge < -0.3 is 10.1 Å². The first-order valence-electron chi connectivity index (χ1n) is 6.57. The molecule has 2 heterocycles. The van der Waals surface area contributed by atoms with E-state index in [0.717, 1.165) is 25.9 Å². The average Bonchev–Trinajstić information content (AvgIpc) is 2.40. The Kier molecular flexibility index (Phi) is 4.51. The summed E-state index contributed by atoms with van der Waals surface area (Å²) in [4.78, 5) is 4.17. The molecule has 1 fully saturated rings. The normalized spacial score (nSPS) is 26.7. The molecule has 0 saturated carbocycles. The summed E-state index contributed by atoms with van der Waals surface area (Å²) in [6, 6.07) is 5.06. The van der Waals surface area contributed by atoms with Crippen molar-refractivity contribution in [2.24, 2.45) is 0 Å². The van der Waals surface area contributed by atoms with Crippen LogP contribution in [-0.4, -0.2) is 23.7 Å². The summed E-state index contributed by atoms with van der Waals surface area (Å²) in [6.07, 6.45) is 7.54. The maximum absolute atomic E-state index is 5.69. The zero-order valence-electron chi connectivity index (χ0n) is 10.7. The zero-order chi connectivity index (χ0) is 12.1. The van der Waals surface area contributed by atoms with Crippen LogP contribution >= 0.6 is 0 Å². The molecule has 3 atom stereocenters. The minimum absolute atomic E-state index is 0.365. The van der Waals surface area contributed by atoms with E-state index in [-0.39, 0.29) is 0 Å². The summed E-state index contributed by atoms with van der Waals surface area (Å²) in [7, 11) is 0. The van der Waals surface area contributed by atoms with Gasteiger partial charge in [0.2, 0.25) is 0 Å². The van der Waals surface area contributed by atoms with Gasteiger partial charge in [-0.15, -0.1) is 0 Å². The highest BCUT2D eigenvalue weighted by Crippen LogP contribution is 2.20. The summed E-state index contributed by atoms with van der Waals surface area (Å²) in [5.41, 5.74) is 1.26. The summed E-state index contributed by atoms with van der Waals surface area (Å²) < 4.78 is 5.69. The van der Waals surface area contributed by atoms with Gasteiger partial charge >= 0.3 is 0 Å². The van der Waals surface area contributed by atoms with Gasteiger partial charge in [0.15, 0.2) is 0 Å². The van der Waals surface area contributed by atoms with E-state index >= 15 is 0 Å². The Balaban J connectivity index is 1.88. The van der Waals surface area contributed by atoms with Crippen molar-refractivity contribution in [3.05, 3.63) is 30.1 Å². The van der Waals surface area contributed by atoms with Crippen LogP contribution in [-0.2, 0) is 4.74 Å². The molecule has 3 nitrogen and oxygen atoms in total. The minimum Gasteiger partial charge on any atom is -0.378 e. The van der Waals surface area contributed by atoms with Crippen LogP contribution in [0.5, 0.6) is 0 Å². The number of pyridine rings is 1. The Bertz CT molecular complexity index is 328. The zero-order valence-corrected chi connectivity index (χ0v) is 10.7. The highest BCUT2D eigenvalue weighted by atomic mass is 16.5. The first-order valence-corrected chi connectivity index (χ1v) is 6.57. The molecule has 1 aromatic rings. The van der Waals surface area contributed by atoms with Gasteiger partial charge in [0.1, 0.15) is 0 Å². The molecule has 2 unspecified atom stereocenters. The van der Waals surface area contributed by atoms with Gasteiger partial charge in [0.05, 0.1) is 6.10 Å². The number of hydrogen-bond donors (Lipinski definition) is 1. The van der Waals surface area contributed by atoms with Gasteiger partial charge in [-0.3, -0.25) is 4.98 Å². The third-order valence-corrected chi connectivity index (χ3v) is 3.49. The van der Waals surface area contributed by atoms with Gasteiger partial charge in [0.25, 0.3) is 0 Å². The second-order valence-corrected chi connectivity index (χ2v) is 4.80.